The van der Waals surface area contributed by atoms with Gasteiger partial charge in [0.1, 0.15) is 6.17 Å². The van der Waals surface area contributed by atoms with E-state index in [2.05, 4.69) is 25.7 Å². The third-order valence-electron chi connectivity index (χ3n) is 3.10. The van der Waals surface area contributed by atoms with Gasteiger partial charge in [0, 0.05) is 25.9 Å². The van der Waals surface area contributed by atoms with Crippen molar-refractivity contribution in [3.63, 3.8) is 0 Å². The van der Waals surface area contributed by atoms with Gasteiger partial charge in [0.2, 0.25) is 0 Å². The SMILES string of the molecule is CCC1N(CC)CCC[NH+]1CC.[F][Al-]([F])([F])[F]. The molecule has 1 N–H and O–H groups in total. The van der Waals surface area contributed by atoms with Crippen molar-refractivity contribution >= 4 is 14.9 Å². The second-order valence-electron chi connectivity index (χ2n) is 4.16. The van der Waals surface area contributed by atoms with Gasteiger partial charge in [-0.15, -0.1) is 0 Å². The molecule has 0 aromatic rings. The van der Waals surface area contributed by atoms with Gasteiger partial charge in [-0.05, 0) is 6.92 Å². The third kappa shape index (κ3) is 7.98. The van der Waals surface area contributed by atoms with Crippen LogP contribution in [0.4, 0.5) is 14.1 Å². The van der Waals surface area contributed by atoms with E-state index in [0.717, 1.165) is 6.17 Å². The molecule has 1 heterocycles. The van der Waals surface area contributed by atoms with Gasteiger partial charge < -0.3 is 19.0 Å². The second-order valence-corrected chi connectivity index (χ2v) is 5.15. The van der Waals surface area contributed by atoms with Gasteiger partial charge in [-0.25, -0.2) is 0 Å². The van der Waals surface area contributed by atoms with E-state index in [9.17, 15) is 14.1 Å². The molecule has 1 aliphatic heterocycles. The highest BCUT2D eigenvalue weighted by atomic mass is 27.5. The summed E-state index contributed by atoms with van der Waals surface area (Å²) in [5.41, 5.74) is 0. The molecule has 0 aromatic carbocycles. The van der Waals surface area contributed by atoms with Crippen LogP contribution in [0, 0.1) is 0 Å². The van der Waals surface area contributed by atoms with Crippen LogP contribution in [-0.2, 0) is 0 Å². The fourth-order valence-corrected chi connectivity index (χ4v) is 2.43. The summed E-state index contributed by atoms with van der Waals surface area (Å²) in [6, 6.07) is 0. The van der Waals surface area contributed by atoms with E-state index in [-0.39, 0.29) is 0 Å². The van der Waals surface area contributed by atoms with E-state index < -0.39 is 14.9 Å². The third-order valence-corrected chi connectivity index (χ3v) is 3.10. The van der Waals surface area contributed by atoms with Gasteiger partial charge in [0.15, 0.2) is 0 Å². The Morgan fingerprint density at radius 2 is 1.71 bits per heavy atom. The van der Waals surface area contributed by atoms with Crippen LogP contribution in [0.15, 0.2) is 0 Å². The van der Waals surface area contributed by atoms with E-state index in [1.165, 1.54) is 39.0 Å². The van der Waals surface area contributed by atoms with Crippen LogP contribution >= 0.6 is 0 Å². The first-order chi connectivity index (χ1) is 7.83. The van der Waals surface area contributed by atoms with Crippen molar-refractivity contribution in [3.8, 4) is 0 Å². The average molecular weight is 274 g/mol. The highest BCUT2D eigenvalue weighted by molar-refractivity contribution is 6.50. The molecular formula is C10H23AlF4N2. The number of quaternary nitrogens is 1. The van der Waals surface area contributed by atoms with Gasteiger partial charge in [0.25, 0.3) is 0 Å². The number of nitrogens with one attached hydrogen (secondary N) is 1. The van der Waals surface area contributed by atoms with Crippen LogP contribution in [-0.4, -0.2) is 52.2 Å². The fourth-order valence-electron chi connectivity index (χ4n) is 2.43. The summed E-state index contributed by atoms with van der Waals surface area (Å²) in [6.45, 7) is 12.1. The highest BCUT2D eigenvalue weighted by Crippen LogP contribution is 2.06. The van der Waals surface area contributed by atoms with Crippen LogP contribution in [0.5, 0.6) is 0 Å². The maximum absolute atomic E-state index is 9.85. The van der Waals surface area contributed by atoms with E-state index in [0.29, 0.717) is 0 Å². The van der Waals surface area contributed by atoms with E-state index >= 15 is 0 Å². The lowest BCUT2D eigenvalue weighted by Crippen LogP contribution is -3.18. The molecule has 104 valence electrons. The van der Waals surface area contributed by atoms with Crippen LogP contribution in [0.3, 0.4) is 0 Å². The molecule has 17 heavy (non-hydrogen) atoms. The smallest absolute Gasteiger partial charge is 0.510 e. The summed E-state index contributed by atoms with van der Waals surface area (Å²) in [5.74, 6) is 0. The molecule has 1 saturated heterocycles. The zero-order valence-electron chi connectivity index (χ0n) is 10.9. The van der Waals surface area contributed by atoms with Crippen LogP contribution in [0.2, 0.25) is 0 Å². The zero-order chi connectivity index (χ0) is 13.5. The lowest BCUT2D eigenvalue weighted by Gasteiger charge is -2.39. The predicted octanol–water partition coefficient (Wildman–Crippen LogP) is 1.65. The zero-order valence-corrected chi connectivity index (χ0v) is 12.0. The van der Waals surface area contributed by atoms with Gasteiger partial charge in [0.05, 0.1) is 13.1 Å². The Kier molecular flexibility index (Phi) is 8.39. The molecule has 1 aliphatic rings. The molecule has 2 atom stereocenters. The van der Waals surface area contributed by atoms with E-state index in [1.54, 1.807) is 4.90 Å². The molecule has 0 saturated carbocycles. The molecule has 0 aromatic heterocycles. The van der Waals surface area contributed by atoms with Gasteiger partial charge in [-0.1, -0.05) is 13.8 Å². The first kappa shape index (κ1) is 17.2. The number of rotatable bonds is 3. The summed E-state index contributed by atoms with van der Waals surface area (Å²) in [6.07, 6.45) is 3.48. The Bertz CT molecular complexity index is 183. The lowest BCUT2D eigenvalue weighted by atomic mass is 10.2. The van der Waals surface area contributed by atoms with Crippen molar-refractivity contribution in [2.24, 2.45) is 0 Å². The predicted molar refractivity (Wildman–Crippen MR) is 62.5 cm³/mol. The van der Waals surface area contributed by atoms with Crippen molar-refractivity contribution in [1.82, 2.24) is 4.90 Å². The number of hydrogen-bond acceptors (Lipinski definition) is 1. The normalized spacial score (nSPS) is 26.3. The maximum atomic E-state index is 9.85. The summed E-state index contributed by atoms with van der Waals surface area (Å²) in [4.78, 5) is 4.41. The van der Waals surface area contributed by atoms with Crippen LogP contribution in [0.25, 0.3) is 0 Å². The number of hydrogen-bond donors (Lipinski definition) is 1. The van der Waals surface area contributed by atoms with E-state index in [4.69, 9.17) is 0 Å². The minimum atomic E-state index is -6.83. The quantitative estimate of drug-likeness (QED) is 0.607. The standard InChI is InChI=1S/C10H22N2.Al.4FH/c1-4-10-11(5-2)8-7-9-12(10)6-3;;;;;/h10H,4-9H2,1-3H3;;4*1H/q;+3;;;;/p-3. The summed E-state index contributed by atoms with van der Waals surface area (Å²) in [7, 11) is 0. The Hall–Kier alpha value is 0.172. The Labute approximate surface area is 105 Å². The summed E-state index contributed by atoms with van der Waals surface area (Å²) in [5, 5.41) is 0. The van der Waals surface area contributed by atoms with Crippen molar-refractivity contribution in [2.45, 2.75) is 39.8 Å². The van der Waals surface area contributed by atoms with Crippen molar-refractivity contribution < 1.29 is 19.0 Å². The van der Waals surface area contributed by atoms with Gasteiger partial charge in [-0.2, -0.15) is 0 Å². The molecule has 0 amide bonds. The lowest BCUT2D eigenvalue weighted by molar-refractivity contribution is -0.942. The number of halogens is 4. The van der Waals surface area contributed by atoms with Gasteiger partial charge >= 0.3 is 14.9 Å². The van der Waals surface area contributed by atoms with Crippen molar-refractivity contribution in [1.29, 1.82) is 0 Å². The maximum Gasteiger partial charge on any atom is 1.04 e. The molecule has 0 spiro atoms. The van der Waals surface area contributed by atoms with E-state index in [1.807, 2.05) is 0 Å². The summed E-state index contributed by atoms with van der Waals surface area (Å²) >= 11 is -6.83. The Balaban J connectivity index is 0.000000437. The Morgan fingerprint density at radius 1 is 1.18 bits per heavy atom. The monoisotopic (exact) mass is 274 g/mol. The first-order valence-electron chi connectivity index (χ1n) is 6.29. The molecule has 7 heteroatoms. The fraction of sp³-hybridized carbons (Fsp3) is 1.00. The molecule has 0 aliphatic carbocycles. The molecule has 1 fully saturated rings. The first-order valence-corrected chi connectivity index (χ1v) is 8.03. The molecule has 1 rings (SSSR count). The van der Waals surface area contributed by atoms with Crippen LogP contribution in [0.1, 0.15) is 33.6 Å². The van der Waals surface area contributed by atoms with Crippen LogP contribution < -0.4 is 4.90 Å². The van der Waals surface area contributed by atoms with Gasteiger partial charge in [-0.3, -0.25) is 4.90 Å². The Morgan fingerprint density at radius 3 is 2.06 bits per heavy atom. The minimum absolute atomic E-state index is 0.800. The topological polar surface area (TPSA) is 7.68 Å². The minimum Gasteiger partial charge on any atom is -0.510 e. The second kappa shape index (κ2) is 8.31. The average Bonchev–Trinajstić information content (AvgIpc) is 2.25. The molecular weight excluding hydrogens is 251 g/mol. The summed E-state index contributed by atoms with van der Waals surface area (Å²) < 4.78 is 39.4. The van der Waals surface area contributed by atoms with Crippen molar-refractivity contribution in [2.75, 3.05) is 26.2 Å². The largest absolute Gasteiger partial charge is 1.04 e. The highest BCUT2D eigenvalue weighted by Gasteiger charge is 2.41. The van der Waals surface area contributed by atoms with Crippen molar-refractivity contribution in [3.05, 3.63) is 0 Å². The number of nitrogens with zero attached hydrogens (tertiary/aromatic N) is 1. The molecule has 2 unspecified atom stereocenters. The molecule has 2 nitrogen and oxygen atoms in total. The molecule has 0 bridgehead atoms. The molecule has 0 radical (unpaired) electrons.